The molecule has 0 radical (unpaired) electrons. The van der Waals surface area contributed by atoms with Crippen molar-refractivity contribution in [1.29, 1.82) is 0 Å². The van der Waals surface area contributed by atoms with Gasteiger partial charge in [0, 0.05) is 47.5 Å². The van der Waals surface area contributed by atoms with Gasteiger partial charge in [-0.3, -0.25) is 4.79 Å². The summed E-state index contributed by atoms with van der Waals surface area (Å²) in [6.45, 7) is 4.04. The summed E-state index contributed by atoms with van der Waals surface area (Å²) in [6, 6.07) is 22.3. The molecule has 2 aromatic heterocycles. The predicted octanol–water partition coefficient (Wildman–Crippen LogP) is 6.38. The molecular formula is C38H37N5O3. The molecule has 8 nitrogen and oxygen atoms in total. The van der Waals surface area contributed by atoms with Crippen LogP contribution in [0.3, 0.4) is 0 Å². The molecule has 2 aliphatic heterocycles. The van der Waals surface area contributed by atoms with Crippen molar-refractivity contribution in [2.45, 2.75) is 57.1 Å². The van der Waals surface area contributed by atoms with Crippen LogP contribution in [0.15, 0.2) is 73.1 Å². The Hall–Kier alpha value is -4.82. The third kappa shape index (κ3) is 5.07. The smallest absolute Gasteiger partial charge is 0.253 e. The van der Waals surface area contributed by atoms with Gasteiger partial charge in [-0.1, -0.05) is 42.5 Å². The highest BCUT2D eigenvalue weighted by molar-refractivity contribution is 5.97. The number of carbonyl (C=O) groups excluding carboxylic acids is 2. The minimum atomic E-state index is -0.327. The third-order valence-electron chi connectivity index (χ3n) is 10.1. The van der Waals surface area contributed by atoms with E-state index in [2.05, 4.69) is 58.2 Å². The summed E-state index contributed by atoms with van der Waals surface area (Å²) < 4.78 is 0. The Bertz CT molecular complexity index is 1950. The zero-order valence-corrected chi connectivity index (χ0v) is 25.9. The Balaban J connectivity index is 1.09. The van der Waals surface area contributed by atoms with E-state index < -0.39 is 0 Å². The largest absolute Gasteiger partial charge is 0.393 e. The van der Waals surface area contributed by atoms with Crippen molar-refractivity contribution in [3.8, 4) is 22.5 Å². The van der Waals surface area contributed by atoms with Crippen LogP contribution in [0.4, 0.5) is 5.69 Å². The van der Waals surface area contributed by atoms with Crippen molar-refractivity contribution in [3.63, 3.8) is 0 Å². The zero-order valence-electron chi connectivity index (χ0n) is 25.9. The Labute approximate surface area is 268 Å². The predicted molar refractivity (Wildman–Crippen MR) is 179 cm³/mol. The number of amides is 1. The van der Waals surface area contributed by atoms with E-state index >= 15 is 0 Å². The number of piperidine rings is 1. The van der Waals surface area contributed by atoms with Crippen LogP contribution in [-0.4, -0.2) is 62.9 Å². The molecule has 1 saturated carbocycles. The number of anilines is 1. The number of hydrogen-bond donors (Lipinski definition) is 2. The number of aldehydes is 1. The first-order valence-electron chi connectivity index (χ1n) is 16.3. The Kier molecular flexibility index (Phi) is 7.17. The summed E-state index contributed by atoms with van der Waals surface area (Å²) in [7, 11) is 0. The van der Waals surface area contributed by atoms with Crippen LogP contribution < -0.4 is 4.90 Å². The van der Waals surface area contributed by atoms with Gasteiger partial charge in [0.1, 0.15) is 24.3 Å². The summed E-state index contributed by atoms with van der Waals surface area (Å²) >= 11 is 0. The average molecular weight is 612 g/mol. The molecular weight excluding hydrogens is 574 g/mol. The maximum atomic E-state index is 13.0. The van der Waals surface area contributed by atoms with Crippen molar-refractivity contribution < 1.29 is 14.7 Å². The third-order valence-corrected chi connectivity index (χ3v) is 10.1. The van der Waals surface area contributed by atoms with Gasteiger partial charge in [-0.15, -0.1) is 0 Å². The van der Waals surface area contributed by atoms with Crippen LogP contribution in [0.2, 0.25) is 0 Å². The fourth-order valence-electron chi connectivity index (χ4n) is 7.31. The summed E-state index contributed by atoms with van der Waals surface area (Å²) in [6.07, 6.45) is 7.04. The van der Waals surface area contributed by atoms with E-state index in [0.717, 1.165) is 69.6 Å². The van der Waals surface area contributed by atoms with Crippen molar-refractivity contribution in [2.75, 3.05) is 24.5 Å². The maximum absolute atomic E-state index is 13.0. The fraction of sp³-hybridized carbons (Fsp3) is 0.316. The van der Waals surface area contributed by atoms with Gasteiger partial charge >= 0.3 is 0 Å². The van der Waals surface area contributed by atoms with Gasteiger partial charge in [-0.05, 0) is 97.0 Å². The van der Waals surface area contributed by atoms with Crippen LogP contribution in [0.1, 0.15) is 70.3 Å². The van der Waals surface area contributed by atoms with Crippen molar-refractivity contribution >= 4 is 28.9 Å². The van der Waals surface area contributed by atoms with Crippen LogP contribution in [0, 0.1) is 6.92 Å². The van der Waals surface area contributed by atoms with E-state index in [1.54, 1.807) is 6.33 Å². The van der Waals surface area contributed by atoms with Crippen molar-refractivity contribution in [2.24, 2.45) is 0 Å². The number of aliphatic hydroxyl groups is 1. The van der Waals surface area contributed by atoms with E-state index in [-0.39, 0.29) is 18.1 Å². The van der Waals surface area contributed by atoms with Crippen LogP contribution in [-0.2, 0) is 11.2 Å². The average Bonchev–Trinajstić information content (AvgIpc) is 3.85. The molecule has 0 bridgehead atoms. The molecule has 8 rings (SSSR count). The molecule has 232 valence electrons. The maximum Gasteiger partial charge on any atom is 0.253 e. The number of carbonyl (C=O) groups is 2. The number of aromatic amines is 1. The number of aliphatic hydroxyl groups excluding tert-OH is 1. The number of H-pyrrole nitrogens is 1. The van der Waals surface area contributed by atoms with Crippen LogP contribution in [0.5, 0.6) is 0 Å². The number of hydrogen-bond acceptors (Lipinski definition) is 6. The minimum Gasteiger partial charge on any atom is -0.393 e. The Morgan fingerprint density at radius 2 is 1.76 bits per heavy atom. The van der Waals surface area contributed by atoms with Gasteiger partial charge in [-0.2, -0.15) is 0 Å². The number of rotatable bonds is 6. The first-order valence-corrected chi connectivity index (χ1v) is 16.3. The first-order chi connectivity index (χ1) is 22.5. The fourth-order valence-corrected chi connectivity index (χ4v) is 7.31. The lowest BCUT2D eigenvalue weighted by Gasteiger charge is -2.37. The van der Waals surface area contributed by atoms with Crippen molar-refractivity contribution in [3.05, 3.63) is 101 Å². The summed E-state index contributed by atoms with van der Waals surface area (Å²) in [5.74, 6) is 0.691. The number of likely N-dealkylation sites (tertiary alicyclic amines) is 1. The first kappa shape index (κ1) is 28.6. The molecule has 5 aromatic rings. The summed E-state index contributed by atoms with van der Waals surface area (Å²) in [5, 5.41) is 10.7. The normalized spacial score (nSPS) is 18.5. The number of nitrogens with zero attached hydrogens (tertiary/aromatic N) is 4. The van der Waals surface area contributed by atoms with Gasteiger partial charge in [0.05, 0.1) is 11.8 Å². The van der Waals surface area contributed by atoms with Crippen LogP contribution in [0.25, 0.3) is 33.5 Å². The minimum absolute atomic E-state index is 0.00405. The molecule has 4 heterocycles. The lowest BCUT2D eigenvalue weighted by atomic mass is 9.89. The van der Waals surface area contributed by atoms with Gasteiger partial charge in [0.25, 0.3) is 5.91 Å². The molecule has 2 fully saturated rings. The summed E-state index contributed by atoms with van der Waals surface area (Å²) in [5.41, 5.74) is 11.0. The Morgan fingerprint density at radius 3 is 2.52 bits per heavy atom. The second-order valence-corrected chi connectivity index (χ2v) is 13.0. The molecule has 1 saturated heterocycles. The molecule has 8 heteroatoms. The molecule has 0 spiro atoms. The highest BCUT2D eigenvalue weighted by Gasteiger charge is 2.31. The van der Waals surface area contributed by atoms with Gasteiger partial charge in [-0.25, -0.2) is 9.97 Å². The second kappa shape index (κ2) is 11.5. The van der Waals surface area contributed by atoms with E-state index in [4.69, 9.17) is 4.98 Å². The highest BCUT2D eigenvalue weighted by atomic mass is 16.3. The number of nitrogens with one attached hydrogen (secondary N) is 1. The van der Waals surface area contributed by atoms with Gasteiger partial charge in [0.15, 0.2) is 0 Å². The molecule has 2 N–H and O–H groups in total. The number of fused-ring (bicyclic) bond motifs is 2. The van der Waals surface area contributed by atoms with Gasteiger partial charge < -0.3 is 24.7 Å². The van der Waals surface area contributed by atoms with Crippen molar-refractivity contribution in [1.82, 2.24) is 19.9 Å². The molecule has 1 unspecified atom stereocenters. The lowest BCUT2D eigenvalue weighted by molar-refractivity contribution is -0.109. The molecule has 1 aliphatic carbocycles. The molecule has 3 aromatic carbocycles. The van der Waals surface area contributed by atoms with E-state index in [0.29, 0.717) is 37.4 Å². The second-order valence-electron chi connectivity index (χ2n) is 13.0. The van der Waals surface area contributed by atoms with E-state index in [1.807, 2.05) is 35.2 Å². The van der Waals surface area contributed by atoms with Crippen LogP contribution >= 0.6 is 0 Å². The van der Waals surface area contributed by atoms with E-state index in [1.165, 1.54) is 24.0 Å². The lowest BCUT2D eigenvalue weighted by Crippen LogP contribution is -2.40. The SMILES string of the molecule is Cc1c(-c2ncnc3[nH]c(-c4ccc(C(=O)N5CCC(O)CC5)cc4)cc23)cccc1N1CCc2cc(C3CC3)ccc2C1C=O. The molecule has 46 heavy (non-hydrogen) atoms. The standard InChI is InChI=1S/C38H37N5O3/c1-23-30(3-2-4-34(23)43-18-13-28-19-27(24-5-6-24)11-12-31(28)35(43)21-44)36-32-20-33(41-37(32)40-22-39-36)25-7-9-26(10-8-25)38(46)42-16-14-29(45)15-17-42/h2-4,7-12,19-22,24,29,35,45H,5-6,13-18H2,1H3,(H,39,40,41). The molecule has 1 atom stereocenters. The topological polar surface area (TPSA) is 102 Å². The van der Waals surface area contributed by atoms with Gasteiger partial charge in [0.2, 0.25) is 0 Å². The zero-order chi connectivity index (χ0) is 31.4. The number of aromatic nitrogens is 3. The number of benzene rings is 3. The molecule has 1 amide bonds. The van der Waals surface area contributed by atoms with E-state index in [9.17, 15) is 14.7 Å². The molecule has 3 aliphatic rings. The quantitative estimate of drug-likeness (QED) is 0.216. The Morgan fingerprint density at radius 1 is 0.957 bits per heavy atom. The highest BCUT2D eigenvalue weighted by Crippen LogP contribution is 2.43. The summed E-state index contributed by atoms with van der Waals surface area (Å²) in [4.78, 5) is 42.4. The monoisotopic (exact) mass is 611 g/mol.